The number of aromatic hydroxyl groups is 1. The summed E-state index contributed by atoms with van der Waals surface area (Å²) in [6.07, 6.45) is 1.98. The summed E-state index contributed by atoms with van der Waals surface area (Å²) in [5, 5.41) is 26.1. The zero-order valence-corrected chi connectivity index (χ0v) is 37.7. The number of aliphatic carboxylic acids is 1. The summed E-state index contributed by atoms with van der Waals surface area (Å²) in [7, 11) is 0. The highest BCUT2D eigenvalue weighted by Crippen LogP contribution is 2.33. The summed E-state index contributed by atoms with van der Waals surface area (Å²) in [4.78, 5) is 22.3. The SMILES string of the molecule is C.C.C.CC.CC.CC.CC.CC.CC.CC(=O)C(Br)c1ccccc1.O=C(O)C(Oc1ccccc1-c1ccno1)c1ccccc1.Oc1ccccc1-c1ccno1. The number of carbonyl (C=O) groups excluding carboxylic acids is 1. The predicted molar refractivity (Wildman–Crippen MR) is 260 cm³/mol. The maximum absolute atomic E-state index is 11.5. The molecule has 0 radical (unpaired) electrons. The number of hydrogen-bond donors (Lipinski definition) is 2. The zero-order chi connectivity index (χ0) is 44.0. The highest BCUT2D eigenvalue weighted by Gasteiger charge is 2.23. The Morgan fingerprint density at radius 3 is 1.30 bits per heavy atom. The van der Waals surface area contributed by atoms with Crippen LogP contribution in [0.4, 0.5) is 0 Å². The van der Waals surface area contributed by atoms with E-state index in [1.807, 2.05) is 132 Å². The van der Waals surface area contributed by atoms with Crippen LogP contribution in [0.1, 0.15) is 134 Å². The Kier molecular flexibility index (Phi) is 49.3. The number of para-hydroxylation sites is 2. The second kappa shape index (κ2) is 44.6. The Morgan fingerprint density at radius 2 is 0.917 bits per heavy atom. The van der Waals surface area contributed by atoms with Crippen LogP contribution in [-0.4, -0.2) is 32.3 Å². The van der Waals surface area contributed by atoms with Crippen LogP contribution in [0, 0.1) is 0 Å². The molecule has 6 rings (SSSR count). The zero-order valence-electron chi connectivity index (χ0n) is 36.1. The summed E-state index contributed by atoms with van der Waals surface area (Å²) in [6.45, 7) is 25.6. The van der Waals surface area contributed by atoms with Gasteiger partial charge in [-0.15, -0.1) is 0 Å². The van der Waals surface area contributed by atoms with Gasteiger partial charge in [0.25, 0.3) is 0 Å². The molecule has 2 N–H and O–H groups in total. The van der Waals surface area contributed by atoms with Crippen LogP contribution in [0.3, 0.4) is 0 Å². The minimum absolute atomic E-state index is 0. The van der Waals surface area contributed by atoms with Gasteiger partial charge in [-0.3, -0.25) is 4.79 Å². The van der Waals surface area contributed by atoms with Crippen molar-refractivity contribution in [2.45, 2.75) is 123 Å². The number of benzene rings is 4. The minimum atomic E-state index is -1.09. The Balaban J connectivity index is -0.000000166. The molecule has 10 heteroatoms. The van der Waals surface area contributed by atoms with Crippen molar-refractivity contribution in [3.63, 3.8) is 0 Å². The van der Waals surface area contributed by atoms with Gasteiger partial charge >= 0.3 is 5.97 Å². The van der Waals surface area contributed by atoms with Crippen molar-refractivity contribution in [2.75, 3.05) is 0 Å². The number of ketones is 1. The molecule has 60 heavy (non-hydrogen) atoms. The fourth-order valence-corrected chi connectivity index (χ4v) is 4.34. The first kappa shape index (κ1) is 66.3. The summed E-state index contributed by atoms with van der Waals surface area (Å²) >= 11 is 3.30. The third-order valence-electron chi connectivity index (χ3n) is 6.22. The second-order valence-electron chi connectivity index (χ2n) is 9.40. The molecule has 0 saturated carbocycles. The second-order valence-corrected chi connectivity index (χ2v) is 10.3. The van der Waals surface area contributed by atoms with Crippen molar-refractivity contribution in [1.29, 1.82) is 0 Å². The molecule has 0 aliphatic carbocycles. The van der Waals surface area contributed by atoms with Crippen LogP contribution in [-0.2, 0) is 9.59 Å². The van der Waals surface area contributed by atoms with Gasteiger partial charge in [-0.2, -0.15) is 0 Å². The third-order valence-corrected chi connectivity index (χ3v) is 7.39. The van der Waals surface area contributed by atoms with E-state index < -0.39 is 12.1 Å². The highest BCUT2D eigenvalue weighted by molar-refractivity contribution is 9.09. The number of nitrogens with zero attached hydrogens (tertiary/aromatic N) is 2. The molecular formula is C50H77BrN2O7. The normalized spacial score (nSPS) is 9.23. The molecule has 0 spiro atoms. The molecule has 0 bridgehead atoms. The van der Waals surface area contributed by atoms with E-state index in [0.29, 0.717) is 34.0 Å². The molecule has 4 aromatic carbocycles. The van der Waals surface area contributed by atoms with E-state index in [9.17, 15) is 19.8 Å². The monoisotopic (exact) mass is 896 g/mol. The topological polar surface area (TPSA) is 136 Å². The van der Waals surface area contributed by atoms with Crippen molar-refractivity contribution in [2.24, 2.45) is 0 Å². The Hall–Kier alpha value is -5.48. The standard InChI is InChI=1S/C17H13NO4.C9H9BrO.C9H7NO2.6C2H6.3CH4/c19-17(20)16(12-6-2-1-3-7-12)21-14-9-5-4-8-13(14)15-10-11-18-22-15;1-7(11)9(10)8-5-3-2-4-6-8;11-8-4-2-1-3-7(8)9-5-6-10-12-9;6*1-2;;;/h1-11,16H,(H,19,20);2-6,9H,1H3;1-6,11H;6*1-2H3;3*1H4. The van der Waals surface area contributed by atoms with Gasteiger partial charge in [-0.25, -0.2) is 4.79 Å². The summed E-state index contributed by atoms with van der Waals surface area (Å²) in [5.41, 5.74) is 2.90. The molecule has 0 amide bonds. The Morgan fingerprint density at radius 1 is 0.550 bits per heavy atom. The molecule has 0 saturated heterocycles. The molecule has 9 nitrogen and oxygen atoms in total. The number of alkyl halides is 1. The van der Waals surface area contributed by atoms with Crippen molar-refractivity contribution < 1.29 is 33.6 Å². The smallest absolute Gasteiger partial charge is 0.349 e. The van der Waals surface area contributed by atoms with Gasteiger partial charge in [0.15, 0.2) is 11.5 Å². The van der Waals surface area contributed by atoms with Crippen LogP contribution in [0.5, 0.6) is 11.5 Å². The van der Waals surface area contributed by atoms with Gasteiger partial charge in [-0.1, -0.05) is 217 Å². The van der Waals surface area contributed by atoms with Gasteiger partial charge in [0, 0.05) is 17.7 Å². The first-order valence-corrected chi connectivity index (χ1v) is 20.6. The van der Waals surface area contributed by atoms with Gasteiger partial charge in [0.1, 0.15) is 17.3 Å². The first-order valence-electron chi connectivity index (χ1n) is 19.7. The molecule has 2 unspecified atom stereocenters. The molecule has 2 atom stereocenters. The summed E-state index contributed by atoms with van der Waals surface area (Å²) in [5.74, 6) is 0.806. The number of hydrogen-bond acceptors (Lipinski definition) is 8. The van der Waals surface area contributed by atoms with Crippen molar-refractivity contribution in [1.82, 2.24) is 10.3 Å². The lowest BCUT2D eigenvalue weighted by atomic mass is 10.1. The lowest BCUT2D eigenvalue weighted by molar-refractivity contribution is -0.145. The van der Waals surface area contributed by atoms with Crippen LogP contribution >= 0.6 is 15.9 Å². The molecule has 336 valence electrons. The molecule has 2 aromatic heterocycles. The number of carboxylic acids is 1. The average molecular weight is 898 g/mol. The number of ether oxygens (including phenoxy) is 1. The number of aromatic nitrogens is 2. The summed E-state index contributed by atoms with van der Waals surface area (Å²) < 4.78 is 15.8. The number of carboxylic acid groups (broad SMARTS) is 1. The van der Waals surface area contributed by atoms with Crippen molar-refractivity contribution >= 4 is 27.7 Å². The van der Waals surface area contributed by atoms with Crippen molar-refractivity contribution in [3.8, 4) is 34.1 Å². The Bertz CT molecular complexity index is 1770. The number of phenols is 1. The van der Waals surface area contributed by atoms with Crippen LogP contribution in [0.25, 0.3) is 22.6 Å². The molecule has 0 aliphatic rings. The molecule has 6 aromatic rings. The van der Waals surface area contributed by atoms with E-state index >= 15 is 0 Å². The fraction of sp³-hybridized carbons (Fsp3) is 0.360. The van der Waals surface area contributed by atoms with E-state index in [-0.39, 0.29) is 38.6 Å². The number of Topliss-reactive ketones (excluding diaryl/α,β-unsaturated/α-hetero) is 1. The van der Waals surface area contributed by atoms with Crippen LogP contribution in [0.2, 0.25) is 0 Å². The van der Waals surface area contributed by atoms with E-state index in [4.69, 9.17) is 13.8 Å². The largest absolute Gasteiger partial charge is 0.507 e. The minimum Gasteiger partial charge on any atom is -0.507 e. The third kappa shape index (κ3) is 25.1. The number of rotatable bonds is 8. The molecule has 2 heterocycles. The van der Waals surface area contributed by atoms with Gasteiger partial charge in [0.2, 0.25) is 6.10 Å². The fourth-order valence-electron chi connectivity index (χ4n) is 4.04. The van der Waals surface area contributed by atoms with Crippen LogP contribution in [0.15, 0.2) is 143 Å². The van der Waals surface area contributed by atoms with E-state index in [1.54, 1.807) is 85.9 Å². The maximum atomic E-state index is 11.5. The first-order chi connectivity index (χ1) is 27.8. The van der Waals surface area contributed by atoms with Gasteiger partial charge in [0.05, 0.1) is 28.3 Å². The highest BCUT2D eigenvalue weighted by atomic mass is 79.9. The van der Waals surface area contributed by atoms with Crippen molar-refractivity contribution in [3.05, 3.63) is 145 Å². The quantitative estimate of drug-likeness (QED) is 0.143. The van der Waals surface area contributed by atoms with Crippen LogP contribution < -0.4 is 4.74 Å². The number of halogens is 1. The molecule has 0 fully saturated rings. The number of carbonyl (C=O) groups is 2. The average Bonchev–Trinajstić information content (AvgIpc) is 4.05. The molecule has 0 aliphatic heterocycles. The predicted octanol–water partition coefficient (Wildman–Crippen LogP) is 16.4. The van der Waals surface area contributed by atoms with E-state index in [1.165, 1.54) is 6.20 Å². The van der Waals surface area contributed by atoms with Gasteiger partial charge in [-0.05, 0) is 36.8 Å². The number of phenolic OH excluding ortho intramolecular Hbond substituents is 1. The lowest BCUT2D eigenvalue weighted by Gasteiger charge is -2.17. The lowest BCUT2D eigenvalue weighted by Crippen LogP contribution is -2.18. The van der Waals surface area contributed by atoms with E-state index in [2.05, 4.69) is 26.2 Å². The maximum Gasteiger partial charge on any atom is 0.349 e. The van der Waals surface area contributed by atoms with Gasteiger partial charge < -0.3 is 24.0 Å². The Labute approximate surface area is 372 Å². The summed E-state index contributed by atoms with van der Waals surface area (Å²) in [6, 6.07) is 35.9. The van der Waals surface area contributed by atoms with E-state index in [0.717, 1.165) is 5.56 Å². The molecular weight excluding hydrogens is 820 g/mol.